The van der Waals surface area contributed by atoms with E-state index in [1.54, 1.807) is 42.5 Å². The van der Waals surface area contributed by atoms with Gasteiger partial charge in [-0.2, -0.15) is 0 Å². The normalized spacial score (nSPS) is 16.7. The van der Waals surface area contributed by atoms with Crippen molar-refractivity contribution in [3.63, 3.8) is 0 Å². The molecule has 2 heterocycles. The molecule has 2 nitrogen and oxygen atoms in total. The first-order valence-corrected chi connectivity index (χ1v) is 26.3. The van der Waals surface area contributed by atoms with E-state index in [0.717, 1.165) is 22.3 Å². The van der Waals surface area contributed by atoms with Gasteiger partial charge in [-0.1, -0.05) is 278 Å². The fourth-order valence-electron chi connectivity index (χ4n) is 11.3. The Morgan fingerprint density at radius 3 is 1.04 bits per heavy atom. The van der Waals surface area contributed by atoms with Gasteiger partial charge in [0.25, 0.3) is 0 Å². The van der Waals surface area contributed by atoms with E-state index in [0.29, 0.717) is 38.3 Å². The molecule has 17 rings (SSSR count). The Bertz CT molecular complexity index is 7030. The maximum absolute atomic E-state index is 9.35. The number of rotatable bonds is 7. The van der Waals surface area contributed by atoms with Gasteiger partial charge < -0.3 is 8.83 Å². The predicted octanol–water partition coefficient (Wildman–Crippen LogP) is 23.5. The SMILES string of the molecule is [2H]c1c([2H])c([2H])c(-c2c3c([2H])c([2H])c([2H])c([2H])c3c(-c3cccc4oc5ccc(-c6ccc(-c7ccccc7)cc6)cc5c34)c3c([2H])c([2H])c([2H])c([2H])c23)c([2H])c1[2H].[2H]c1c([2H])c([2H])c(-c2ccc3c(c2)oc2cccc(-c4c5c([2H])c([2H])c([2H])c([2H])c5c(-c5c([2H])c([2H])c([2H])c([2H])c5[2H])c5c([2H])c([2H])c([2H])c([2H])c45)c23)c([2H])c1[2H]. The van der Waals surface area contributed by atoms with Crippen molar-refractivity contribution in [2.45, 2.75) is 0 Å². The van der Waals surface area contributed by atoms with Crippen LogP contribution < -0.4 is 0 Å². The molecule has 0 radical (unpaired) electrons. The van der Waals surface area contributed by atoms with Crippen molar-refractivity contribution in [1.29, 1.82) is 0 Å². The quantitative estimate of drug-likeness (QED) is 0.149. The lowest BCUT2D eigenvalue weighted by Crippen LogP contribution is -1.91. The zero-order chi connectivity index (χ0) is 82.5. The summed E-state index contributed by atoms with van der Waals surface area (Å²) in [5.41, 5.74) is 4.16. The molecule has 0 aliphatic carbocycles. The van der Waals surface area contributed by atoms with Crippen LogP contribution in [0.5, 0.6) is 0 Å². The highest BCUT2D eigenvalue weighted by atomic mass is 16.3. The molecule has 0 N–H and O–H groups in total. The van der Waals surface area contributed by atoms with Crippen molar-refractivity contribution >= 4 is 87.0 Å². The van der Waals surface area contributed by atoms with Gasteiger partial charge in [0.15, 0.2) is 0 Å². The molecule has 0 fully saturated rings. The Hall–Kier alpha value is -11.1. The first-order valence-electron chi connectivity index (χ1n) is 41.8. The number of benzene rings is 15. The molecule has 17 aromatic rings. The van der Waals surface area contributed by atoms with Gasteiger partial charge in [-0.05, 0) is 157 Å². The molecule has 15 aromatic carbocycles. The van der Waals surface area contributed by atoms with E-state index >= 15 is 0 Å². The van der Waals surface area contributed by atoms with Crippen LogP contribution in [0.2, 0.25) is 0 Å². The summed E-state index contributed by atoms with van der Waals surface area (Å²) in [6.45, 7) is 0. The summed E-state index contributed by atoms with van der Waals surface area (Å²) in [5.74, 6) is 0. The van der Waals surface area contributed by atoms with Crippen molar-refractivity contribution in [3.05, 3.63) is 315 Å². The van der Waals surface area contributed by atoms with E-state index in [-0.39, 0.29) is 87.6 Å². The largest absolute Gasteiger partial charge is 0.456 e. The van der Waals surface area contributed by atoms with Gasteiger partial charge in [0.1, 0.15) is 22.3 Å². The Kier molecular flexibility index (Phi) is 6.51. The summed E-state index contributed by atoms with van der Waals surface area (Å²) >= 11 is 0. The summed E-state index contributed by atoms with van der Waals surface area (Å²) < 4.78 is 284. The lowest BCUT2D eigenvalue weighted by atomic mass is 9.85. The van der Waals surface area contributed by atoms with Gasteiger partial charge in [-0.3, -0.25) is 0 Å². The number of hydrogen-bond acceptors (Lipinski definition) is 2. The molecule has 392 valence electrons. The lowest BCUT2D eigenvalue weighted by molar-refractivity contribution is 0.668. The third-order valence-electron chi connectivity index (χ3n) is 14.9. The van der Waals surface area contributed by atoms with Gasteiger partial charge in [-0.25, -0.2) is 0 Å². The standard InChI is InChI=1S/C44H28O.C38H24O/c1-3-12-29(13-4-1)30-22-24-31(25-23-30)33-26-27-40-39(28-33)44-38(20-11-21-41(44)45-40)43-36-18-9-7-16-34(36)42(32-14-5-2-6-15-32)35-17-8-10-19-37(35)43;1-3-12-25(13-4-1)27-22-23-32-35(24-27)39-34-21-11-20-33(38(32)34)37-30-18-9-7-16-28(30)36(26-14-5-2-6-15-26)29-17-8-10-19-31(29)37/h1-28H;1-24H/i2D,5D,6D,7D,8D,9D,10D,14D,15D,16D,17D,18D,19D;1D,2D,3D,4D,5D,6D,7D,8D,9D,10D,12D,13D,14D,15D,16D,17D,18D,19D. The third kappa shape index (κ3) is 8.26. The molecule has 0 atom stereocenters. The average molecular weight is 1100 g/mol. The van der Waals surface area contributed by atoms with Crippen LogP contribution in [0.4, 0.5) is 0 Å². The Morgan fingerprint density at radius 2 is 0.560 bits per heavy atom. The van der Waals surface area contributed by atoms with Crippen molar-refractivity contribution < 1.29 is 51.3 Å². The lowest BCUT2D eigenvalue weighted by Gasteiger charge is -2.18. The highest BCUT2D eigenvalue weighted by Crippen LogP contribution is 2.49. The zero-order valence-electron chi connectivity index (χ0n) is 74.4. The second kappa shape index (κ2) is 20.5. The van der Waals surface area contributed by atoms with E-state index in [2.05, 4.69) is 0 Å². The summed E-state index contributed by atoms with van der Waals surface area (Å²) in [4.78, 5) is 0. The molecule has 0 aliphatic heterocycles. The van der Waals surface area contributed by atoms with Gasteiger partial charge in [0.2, 0.25) is 0 Å². The summed E-state index contributed by atoms with van der Waals surface area (Å²) in [6, 6.07) is 18.0. The molecule has 2 aromatic heterocycles. The minimum atomic E-state index is -0.768. The second-order valence-corrected chi connectivity index (χ2v) is 19.4. The Labute approximate surface area is 529 Å². The molecule has 0 amide bonds. The topological polar surface area (TPSA) is 26.3 Å². The Balaban J connectivity index is 0.000000173. The minimum absolute atomic E-state index is 0.0473. The van der Waals surface area contributed by atoms with E-state index in [1.807, 2.05) is 72.8 Å². The maximum Gasteiger partial charge on any atom is 0.136 e. The van der Waals surface area contributed by atoms with E-state index in [4.69, 9.17) is 40.4 Å². The highest BCUT2D eigenvalue weighted by Gasteiger charge is 2.23. The minimum Gasteiger partial charge on any atom is -0.456 e. The monoisotopic (exact) mass is 1100 g/mol. The van der Waals surface area contributed by atoms with Gasteiger partial charge in [-0.15, -0.1) is 0 Å². The molecule has 0 unspecified atom stereocenters. The molecule has 0 spiro atoms. The van der Waals surface area contributed by atoms with E-state index in [1.165, 1.54) is 12.1 Å². The van der Waals surface area contributed by atoms with Gasteiger partial charge in [0, 0.05) is 21.5 Å². The Morgan fingerprint density at radius 1 is 0.202 bits per heavy atom. The molecule has 0 saturated heterocycles. The smallest absolute Gasteiger partial charge is 0.136 e. The van der Waals surface area contributed by atoms with Crippen molar-refractivity contribution in [2.24, 2.45) is 0 Å². The molecular weight excluding hydrogens is 1020 g/mol. The first kappa shape index (κ1) is 26.7. The van der Waals surface area contributed by atoms with Crippen LogP contribution >= 0.6 is 0 Å². The van der Waals surface area contributed by atoms with Crippen LogP contribution in [0.3, 0.4) is 0 Å². The van der Waals surface area contributed by atoms with Crippen LogP contribution in [-0.4, -0.2) is 0 Å². The van der Waals surface area contributed by atoms with Crippen molar-refractivity contribution in [3.8, 4) is 77.9 Å². The summed E-state index contributed by atoms with van der Waals surface area (Å²) in [7, 11) is 0. The molecule has 0 bridgehead atoms. The molecule has 0 saturated carbocycles. The van der Waals surface area contributed by atoms with Gasteiger partial charge in [0.05, 0.1) is 42.5 Å². The number of hydrogen-bond donors (Lipinski definition) is 0. The fourth-order valence-corrected chi connectivity index (χ4v) is 11.3. The molecule has 0 aliphatic rings. The van der Waals surface area contributed by atoms with Gasteiger partial charge >= 0.3 is 0 Å². The summed E-state index contributed by atoms with van der Waals surface area (Å²) in [6.07, 6.45) is 0. The molecule has 2 heteroatoms. The maximum atomic E-state index is 9.35. The van der Waals surface area contributed by atoms with Crippen LogP contribution in [0, 0.1) is 0 Å². The van der Waals surface area contributed by atoms with Crippen LogP contribution in [0.25, 0.3) is 165 Å². The average Bonchev–Trinajstić information content (AvgIpc) is 1.35. The van der Waals surface area contributed by atoms with Crippen LogP contribution in [0.1, 0.15) is 42.5 Å². The predicted molar refractivity (Wildman–Crippen MR) is 356 cm³/mol. The van der Waals surface area contributed by atoms with Crippen LogP contribution in [-0.2, 0) is 0 Å². The van der Waals surface area contributed by atoms with E-state index < -0.39 is 204 Å². The molecular formula is C82H52O2. The fraction of sp³-hybridized carbons (Fsp3) is 0. The van der Waals surface area contributed by atoms with Crippen molar-refractivity contribution in [1.82, 2.24) is 0 Å². The van der Waals surface area contributed by atoms with E-state index in [9.17, 15) is 11.0 Å². The van der Waals surface area contributed by atoms with Crippen LogP contribution in [0.15, 0.2) is 324 Å². The second-order valence-electron chi connectivity index (χ2n) is 19.4. The first-order chi connectivity index (χ1) is 54.5. The summed E-state index contributed by atoms with van der Waals surface area (Å²) in [5, 5.41) is -0.156. The number of fused-ring (bicyclic) bond motifs is 10. The van der Waals surface area contributed by atoms with Crippen molar-refractivity contribution in [2.75, 3.05) is 0 Å². The molecule has 84 heavy (non-hydrogen) atoms. The third-order valence-corrected chi connectivity index (χ3v) is 14.9. The zero-order valence-corrected chi connectivity index (χ0v) is 43.4. The number of furan rings is 2. The highest BCUT2D eigenvalue weighted by molar-refractivity contribution is 6.27.